The Bertz CT molecular complexity index is 2660. The van der Waals surface area contributed by atoms with Crippen LogP contribution in [-0.4, -0.2) is 110 Å². The summed E-state index contributed by atoms with van der Waals surface area (Å²) < 4.78 is 53.6. The van der Waals surface area contributed by atoms with Gasteiger partial charge in [-0.3, -0.25) is 9.36 Å². The average Bonchev–Trinajstić information content (AvgIpc) is 4.06. The number of likely N-dealkylation sites (N-methyl/N-ethyl adjacent to an activating group) is 2. The number of amides is 2. The minimum Gasteiger partial charge on any atom is -0.384 e. The molecular formula is C46H66N10O8S2. The van der Waals surface area contributed by atoms with Crippen molar-refractivity contribution in [2.45, 2.75) is 139 Å². The first kappa shape index (κ1) is 50.6. The number of anilines is 1. The number of carbonyl (C=O) groups is 1. The van der Waals surface area contributed by atoms with E-state index in [2.05, 4.69) is 37.4 Å². The van der Waals surface area contributed by atoms with Crippen LogP contribution in [0.3, 0.4) is 0 Å². The number of hydrogen-bond donors (Lipinski definition) is 5. The lowest BCUT2D eigenvalue weighted by molar-refractivity contribution is 0.0672. The van der Waals surface area contributed by atoms with Crippen molar-refractivity contribution in [1.82, 2.24) is 34.1 Å². The third kappa shape index (κ3) is 12.0. The van der Waals surface area contributed by atoms with Gasteiger partial charge in [-0.25, -0.2) is 27.9 Å². The van der Waals surface area contributed by atoms with Crippen molar-refractivity contribution in [3.8, 4) is 0 Å². The lowest BCUT2D eigenvalue weighted by atomic mass is 9.99. The van der Waals surface area contributed by atoms with E-state index in [1.54, 1.807) is 33.8 Å². The van der Waals surface area contributed by atoms with Crippen molar-refractivity contribution < 1.29 is 36.6 Å². The van der Waals surface area contributed by atoms with E-state index < -0.39 is 37.3 Å². The summed E-state index contributed by atoms with van der Waals surface area (Å²) in [7, 11) is -0.500. The molecule has 2 aromatic carbocycles. The van der Waals surface area contributed by atoms with Gasteiger partial charge in [-0.15, -0.1) is 0 Å². The van der Waals surface area contributed by atoms with Crippen LogP contribution in [0, 0.1) is 0 Å². The van der Waals surface area contributed by atoms with Gasteiger partial charge in [-0.2, -0.15) is 23.6 Å². The molecule has 4 aliphatic rings. The summed E-state index contributed by atoms with van der Waals surface area (Å²) in [5.41, 5.74) is 10.3. The maximum absolute atomic E-state index is 13.0. The number of primary sulfonamides is 1. The third-order valence-electron chi connectivity index (χ3n) is 12.4. The molecule has 18 nitrogen and oxygen atoms in total. The van der Waals surface area contributed by atoms with E-state index in [4.69, 9.17) is 5.14 Å². The highest BCUT2D eigenvalue weighted by atomic mass is 32.2. The fourth-order valence-corrected chi connectivity index (χ4v) is 10.6. The zero-order chi connectivity index (χ0) is 48.4. The molecule has 0 radical (unpaired) electrons. The fourth-order valence-electron chi connectivity index (χ4n) is 9.22. The summed E-state index contributed by atoms with van der Waals surface area (Å²) in [6.45, 7) is 8.45. The maximum atomic E-state index is 13.0. The number of sulfonamides is 2. The van der Waals surface area contributed by atoms with Crippen LogP contribution in [0.2, 0.25) is 0 Å². The van der Waals surface area contributed by atoms with Crippen LogP contribution in [0.5, 0.6) is 0 Å². The second-order valence-electron chi connectivity index (χ2n) is 19.2. The monoisotopic (exact) mass is 950 g/mol. The molecule has 0 unspecified atom stereocenters. The number of isocyanates is 1. The molecule has 0 aliphatic heterocycles. The Kier molecular flexibility index (Phi) is 15.5. The standard InChI is InChI=1S/C23H33N5O4S.C13H13NO.C10H20N4O3S/c1-23(2,30)19-14-20(25-28(19)12-11-27(3)4)33(31,32)26-22(29)24-21-17-9-5-7-15(17)13-16-8-6-10-18(16)21;15-8-14-13-11-5-1-3-9(11)7-10-4-2-6-12(10)13;1-10(2,15)8-7-9(18(11,16)17)12-14(8)6-5-13(3)4/h13-14,30H,5-12H2,1-4H3,(H2,24,26,29);7H,1-6H2;7,15H,5-6H2,1-4H3,(H2,11,16,17). The molecule has 0 bridgehead atoms. The number of benzene rings is 2. The SMILES string of the molecule is CN(C)CCn1nc(S(=O)(=O)NC(=O)Nc2c3c(cc4c2CCC4)CCC3)cc1C(C)(C)O.CN(C)CCn1nc(S(N)(=O)=O)cc1C(C)(C)O.O=C=Nc1c2c(cc3c1CCC3)CCC2. The molecule has 0 saturated heterocycles. The molecule has 0 atom stereocenters. The molecular weight excluding hydrogens is 885 g/mol. The van der Waals surface area contributed by atoms with Gasteiger partial charge < -0.3 is 25.3 Å². The molecule has 6 N–H and O–H groups in total. The Balaban J connectivity index is 0.000000182. The molecule has 360 valence electrons. The number of hydrogen-bond acceptors (Lipinski definition) is 13. The molecule has 2 heterocycles. The predicted octanol–water partition coefficient (Wildman–Crippen LogP) is 4.11. The summed E-state index contributed by atoms with van der Waals surface area (Å²) in [6.07, 6.45) is 14.4. The van der Waals surface area contributed by atoms with Gasteiger partial charge in [0.15, 0.2) is 10.1 Å². The minimum atomic E-state index is -4.23. The molecule has 2 amide bonds. The van der Waals surface area contributed by atoms with Crippen LogP contribution in [-0.2, 0) is 100 Å². The van der Waals surface area contributed by atoms with E-state index >= 15 is 0 Å². The Morgan fingerprint density at radius 2 is 1.09 bits per heavy atom. The van der Waals surface area contributed by atoms with Gasteiger partial charge >= 0.3 is 6.03 Å². The molecule has 4 aromatic rings. The number of nitrogens with one attached hydrogen (secondary N) is 2. The van der Waals surface area contributed by atoms with Crippen LogP contribution in [0.1, 0.15) is 109 Å². The summed E-state index contributed by atoms with van der Waals surface area (Å²) >= 11 is 0. The maximum Gasteiger partial charge on any atom is 0.333 e. The molecule has 20 heteroatoms. The Hall–Kier alpha value is -4.79. The number of urea groups is 1. The van der Waals surface area contributed by atoms with Crippen molar-refractivity contribution in [1.29, 1.82) is 0 Å². The van der Waals surface area contributed by atoms with Crippen molar-refractivity contribution in [3.05, 3.63) is 80.2 Å². The van der Waals surface area contributed by atoms with Crippen LogP contribution in [0.25, 0.3) is 0 Å². The molecule has 4 aliphatic carbocycles. The van der Waals surface area contributed by atoms with Crippen molar-refractivity contribution in [2.24, 2.45) is 10.1 Å². The molecule has 0 fully saturated rings. The van der Waals surface area contributed by atoms with Crippen molar-refractivity contribution >= 4 is 43.5 Å². The zero-order valence-electron chi connectivity index (χ0n) is 39.5. The largest absolute Gasteiger partial charge is 0.384 e. The number of nitrogens with zero attached hydrogens (tertiary/aromatic N) is 7. The van der Waals surface area contributed by atoms with Gasteiger partial charge in [0.25, 0.3) is 20.0 Å². The number of rotatable bonds is 13. The van der Waals surface area contributed by atoms with Crippen LogP contribution in [0.4, 0.5) is 16.2 Å². The van der Waals surface area contributed by atoms with E-state index in [0.717, 1.165) is 86.7 Å². The summed E-state index contributed by atoms with van der Waals surface area (Å²) in [5, 5.41) is 36.0. The first-order valence-corrected chi connectivity index (χ1v) is 25.6. The fraction of sp³-hybridized carbons (Fsp3) is 0.565. The highest BCUT2D eigenvalue weighted by Crippen LogP contribution is 2.41. The number of fused-ring (bicyclic) bond motifs is 4. The second-order valence-corrected chi connectivity index (χ2v) is 22.3. The van der Waals surface area contributed by atoms with E-state index in [1.807, 2.05) is 38.0 Å². The van der Waals surface area contributed by atoms with Crippen LogP contribution >= 0.6 is 0 Å². The smallest absolute Gasteiger partial charge is 0.333 e. The first-order valence-electron chi connectivity index (χ1n) is 22.6. The molecule has 66 heavy (non-hydrogen) atoms. The Morgan fingerprint density at radius 1 is 0.697 bits per heavy atom. The van der Waals surface area contributed by atoms with Gasteiger partial charge in [-0.1, -0.05) is 12.1 Å². The number of aliphatic hydroxyl groups is 2. The average molecular weight is 951 g/mol. The van der Waals surface area contributed by atoms with E-state index in [1.165, 1.54) is 67.7 Å². The number of nitrogens with two attached hydrogens (primary N) is 1. The summed E-state index contributed by atoms with van der Waals surface area (Å²) in [6, 6.07) is 6.43. The molecule has 2 aromatic heterocycles. The minimum absolute atomic E-state index is 0.224. The van der Waals surface area contributed by atoms with Gasteiger partial charge in [0.2, 0.25) is 6.08 Å². The third-order valence-corrected chi connectivity index (χ3v) is 14.4. The quantitative estimate of drug-likeness (QED) is 0.0939. The predicted molar refractivity (Wildman–Crippen MR) is 252 cm³/mol. The number of aliphatic imine (C=N–C) groups is 1. The van der Waals surface area contributed by atoms with Gasteiger partial charge in [0.1, 0.15) is 11.2 Å². The van der Waals surface area contributed by atoms with E-state index in [-0.39, 0.29) is 10.1 Å². The van der Waals surface area contributed by atoms with Crippen LogP contribution < -0.4 is 15.2 Å². The number of carbonyl (C=O) groups excluding carboxylic acids is 2. The number of aromatic nitrogens is 4. The summed E-state index contributed by atoms with van der Waals surface area (Å²) in [4.78, 5) is 31.1. The lowest BCUT2D eigenvalue weighted by Crippen LogP contribution is -2.35. The first-order chi connectivity index (χ1) is 30.9. The van der Waals surface area contributed by atoms with E-state index in [9.17, 15) is 36.6 Å². The second kappa shape index (κ2) is 20.2. The van der Waals surface area contributed by atoms with Crippen LogP contribution in [0.15, 0.2) is 39.3 Å². The lowest BCUT2D eigenvalue weighted by Gasteiger charge is -2.19. The molecule has 8 rings (SSSR count). The molecule has 0 spiro atoms. The summed E-state index contributed by atoms with van der Waals surface area (Å²) in [5.74, 6) is 0. The highest BCUT2D eigenvalue weighted by Gasteiger charge is 2.31. The van der Waals surface area contributed by atoms with Gasteiger partial charge in [0, 0.05) is 30.9 Å². The van der Waals surface area contributed by atoms with Gasteiger partial charge in [-0.05, 0) is 177 Å². The molecule has 0 saturated carbocycles. The number of aryl methyl sites for hydroxylation is 4. The highest BCUT2D eigenvalue weighted by molar-refractivity contribution is 7.90. The Labute approximate surface area is 388 Å². The van der Waals surface area contributed by atoms with Crippen molar-refractivity contribution in [2.75, 3.05) is 46.6 Å². The van der Waals surface area contributed by atoms with E-state index in [0.29, 0.717) is 37.6 Å². The zero-order valence-corrected chi connectivity index (χ0v) is 41.1. The topological polar surface area (TPSA) is 247 Å². The van der Waals surface area contributed by atoms with Crippen molar-refractivity contribution in [3.63, 3.8) is 0 Å². The normalized spacial score (nSPS) is 15.3. The Morgan fingerprint density at radius 3 is 1.48 bits per heavy atom. The van der Waals surface area contributed by atoms with Gasteiger partial charge in [0.05, 0.1) is 30.2 Å².